The molecule has 4 nitrogen and oxygen atoms in total. The molecule has 3 heterocycles. The Morgan fingerprint density at radius 2 is 2.20 bits per heavy atom. The molecule has 1 aliphatic heterocycles. The summed E-state index contributed by atoms with van der Waals surface area (Å²) in [5.74, 6) is 2.34. The summed E-state index contributed by atoms with van der Waals surface area (Å²) in [6.07, 6.45) is 4.64. The molecule has 138 valence electrons. The van der Waals surface area contributed by atoms with Crippen molar-refractivity contribution in [2.24, 2.45) is 0 Å². The van der Waals surface area contributed by atoms with E-state index in [9.17, 15) is 4.79 Å². The first-order valence-electron chi connectivity index (χ1n) is 8.67. The molecule has 0 N–H and O–H groups in total. The van der Waals surface area contributed by atoms with Gasteiger partial charge in [-0.25, -0.2) is 0 Å². The number of carbonyl (C=O) groups excluding carboxylic acids is 1. The largest absolute Gasteiger partial charge is 0.464 e. The Morgan fingerprint density at radius 1 is 1.36 bits per heavy atom. The van der Waals surface area contributed by atoms with Gasteiger partial charge in [-0.3, -0.25) is 4.79 Å². The number of aryl methyl sites for hydroxylation is 1. The van der Waals surface area contributed by atoms with E-state index in [1.165, 1.54) is 10.4 Å². The Bertz CT molecular complexity index is 667. The Balaban J connectivity index is 0.00000225. The zero-order chi connectivity index (χ0) is 16.9. The van der Waals surface area contributed by atoms with Crippen LogP contribution in [0.2, 0.25) is 0 Å². The highest BCUT2D eigenvalue weighted by Crippen LogP contribution is 2.24. The highest BCUT2D eigenvalue weighted by Gasteiger charge is 2.23. The second-order valence-electron chi connectivity index (χ2n) is 6.75. The third-order valence-electron chi connectivity index (χ3n) is 4.39. The average Bonchev–Trinajstić information content (AvgIpc) is 3.18. The van der Waals surface area contributed by atoms with Gasteiger partial charge >= 0.3 is 0 Å². The van der Waals surface area contributed by atoms with Gasteiger partial charge in [-0.05, 0) is 50.9 Å². The minimum atomic E-state index is 0. The fourth-order valence-electron chi connectivity index (χ4n) is 3.19. The van der Waals surface area contributed by atoms with Gasteiger partial charge in [0.15, 0.2) is 0 Å². The maximum Gasteiger partial charge on any atom is 0.222 e. The molecule has 0 saturated heterocycles. The second-order valence-corrected chi connectivity index (χ2v) is 7.78. The molecule has 0 unspecified atom stereocenters. The van der Waals surface area contributed by atoms with Crippen LogP contribution < -0.4 is 0 Å². The van der Waals surface area contributed by atoms with Gasteiger partial charge in [-0.15, -0.1) is 23.7 Å². The summed E-state index contributed by atoms with van der Waals surface area (Å²) < 4.78 is 5.91. The van der Waals surface area contributed by atoms with Crippen molar-refractivity contribution >= 4 is 29.7 Å². The van der Waals surface area contributed by atoms with Crippen LogP contribution in [-0.2, 0) is 30.7 Å². The van der Waals surface area contributed by atoms with Crippen LogP contribution in [0, 0.1) is 0 Å². The molecular weight excluding hydrogens is 356 g/mol. The van der Waals surface area contributed by atoms with Crippen molar-refractivity contribution in [3.05, 3.63) is 45.5 Å². The van der Waals surface area contributed by atoms with E-state index < -0.39 is 0 Å². The van der Waals surface area contributed by atoms with Gasteiger partial charge in [0.1, 0.15) is 11.5 Å². The predicted octanol–water partition coefficient (Wildman–Crippen LogP) is 4.12. The lowest BCUT2D eigenvalue weighted by molar-refractivity contribution is -0.132. The Hall–Kier alpha value is -1.30. The summed E-state index contributed by atoms with van der Waals surface area (Å²) in [7, 11) is 4.07. The minimum Gasteiger partial charge on any atom is -0.464 e. The first-order chi connectivity index (χ1) is 11.6. The first kappa shape index (κ1) is 20.0. The lowest BCUT2D eigenvalue weighted by Crippen LogP contribution is -2.35. The Morgan fingerprint density at radius 3 is 2.92 bits per heavy atom. The van der Waals surface area contributed by atoms with Crippen LogP contribution in [-0.4, -0.2) is 36.3 Å². The molecule has 0 atom stereocenters. The lowest BCUT2D eigenvalue weighted by atomic mass is 10.1. The molecule has 2 aromatic rings. The predicted molar refractivity (Wildman–Crippen MR) is 104 cm³/mol. The fourth-order valence-corrected chi connectivity index (χ4v) is 3.94. The zero-order valence-corrected chi connectivity index (χ0v) is 16.6. The number of fused-ring (bicyclic) bond motifs is 1. The van der Waals surface area contributed by atoms with Gasteiger partial charge in [0.05, 0.1) is 6.54 Å². The quantitative estimate of drug-likeness (QED) is 0.676. The molecule has 0 saturated carbocycles. The number of rotatable bonds is 7. The topological polar surface area (TPSA) is 36.7 Å². The van der Waals surface area contributed by atoms with Crippen molar-refractivity contribution in [3.63, 3.8) is 0 Å². The van der Waals surface area contributed by atoms with Gasteiger partial charge in [0, 0.05) is 36.4 Å². The van der Waals surface area contributed by atoms with E-state index in [-0.39, 0.29) is 18.3 Å². The van der Waals surface area contributed by atoms with E-state index in [4.69, 9.17) is 4.42 Å². The van der Waals surface area contributed by atoms with E-state index in [0.717, 1.165) is 50.3 Å². The van der Waals surface area contributed by atoms with Gasteiger partial charge < -0.3 is 14.2 Å². The van der Waals surface area contributed by atoms with E-state index in [2.05, 4.69) is 28.5 Å². The number of carbonyl (C=O) groups is 1. The molecule has 0 bridgehead atoms. The van der Waals surface area contributed by atoms with E-state index in [1.54, 1.807) is 11.3 Å². The number of amides is 1. The monoisotopic (exact) mass is 382 g/mol. The number of furan rings is 1. The molecule has 0 radical (unpaired) electrons. The Kier molecular flexibility index (Phi) is 7.54. The molecule has 0 fully saturated rings. The van der Waals surface area contributed by atoms with Crippen LogP contribution in [0.1, 0.15) is 41.2 Å². The summed E-state index contributed by atoms with van der Waals surface area (Å²) in [4.78, 5) is 17.9. The molecular formula is C19H27ClN2O2S. The molecule has 0 spiro atoms. The van der Waals surface area contributed by atoms with Gasteiger partial charge in [-0.1, -0.05) is 6.07 Å². The molecule has 1 aliphatic rings. The minimum absolute atomic E-state index is 0. The van der Waals surface area contributed by atoms with Crippen LogP contribution in [0.15, 0.2) is 28.0 Å². The van der Waals surface area contributed by atoms with E-state index in [0.29, 0.717) is 13.0 Å². The van der Waals surface area contributed by atoms with Crippen LogP contribution in [0.4, 0.5) is 0 Å². The van der Waals surface area contributed by atoms with Crippen LogP contribution in [0.5, 0.6) is 0 Å². The molecule has 0 aromatic carbocycles. The van der Waals surface area contributed by atoms with Crippen LogP contribution >= 0.6 is 23.7 Å². The third kappa shape index (κ3) is 5.59. The van der Waals surface area contributed by atoms with Crippen molar-refractivity contribution in [2.45, 2.75) is 45.2 Å². The maximum atomic E-state index is 12.4. The maximum absolute atomic E-state index is 12.4. The summed E-state index contributed by atoms with van der Waals surface area (Å²) in [6.45, 7) is 2.30. The normalized spacial score (nSPS) is 13.6. The van der Waals surface area contributed by atoms with E-state index >= 15 is 0 Å². The second kappa shape index (κ2) is 9.41. The fraction of sp³-hybridized carbons (Fsp3) is 0.526. The molecule has 3 rings (SSSR count). The van der Waals surface area contributed by atoms with Crippen molar-refractivity contribution < 1.29 is 9.21 Å². The summed E-state index contributed by atoms with van der Waals surface area (Å²) in [6, 6.07) is 6.38. The summed E-state index contributed by atoms with van der Waals surface area (Å²) in [5.41, 5.74) is 1.19. The summed E-state index contributed by atoms with van der Waals surface area (Å²) >= 11 is 1.80. The Labute approximate surface area is 160 Å². The molecule has 25 heavy (non-hydrogen) atoms. The van der Waals surface area contributed by atoms with Crippen molar-refractivity contribution in [1.29, 1.82) is 0 Å². The van der Waals surface area contributed by atoms with Gasteiger partial charge in [-0.2, -0.15) is 0 Å². The van der Waals surface area contributed by atoms with Crippen molar-refractivity contribution in [2.75, 3.05) is 20.6 Å². The lowest BCUT2D eigenvalue weighted by Gasteiger charge is -2.26. The highest BCUT2D eigenvalue weighted by atomic mass is 35.5. The number of nitrogens with zero attached hydrogens (tertiary/aromatic N) is 2. The number of halogens is 1. The number of hydrogen-bond donors (Lipinski definition) is 0. The third-order valence-corrected chi connectivity index (χ3v) is 5.32. The van der Waals surface area contributed by atoms with Crippen LogP contribution in [0.3, 0.4) is 0 Å². The van der Waals surface area contributed by atoms with Gasteiger partial charge in [0.2, 0.25) is 5.91 Å². The van der Waals surface area contributed by atoms with Crippen LogP contribution in [0.25, 0.3) is 0 Å². The SMILES string of the molecule is CN(C)Cc1cc2c(o1)CCN(C(=O)CCCCc1cccs1)C2.Cl. The summed E-state index contributed by atoms with van der Waals surface area (Å²) in [5, 5.41) is 2.11. The smallest absolute Gasteiger partial charge is 0.222 e. The first-order valence-corrected chi connectivity index (χ1v) is 9.55. The number of thiophene rings is 1. The highest BCUT2D eigenvalue weighted by molar-refractivity contribution is 7.09. The average molecular weight is 383 g/mol. The van der Waals surface area contributed by atoms with Crippen molar-refractivity contribution in [3.8, 4) is 0 Å². The van der Waals surface area contributed by atoms with Crippen molar-refractivity contribution in [1.82, 2.24) is 9.80 Å². The number of hydrogen-bond acceptors (Lipinski definition) is 4. The molecule has 1 amide bonds. The van der Waals surface area contributed by atoms with E-state index in [1.807, 2.05) is 19.0 Å². The molecule has 2 aromatic heterocycles. The molecule has 0 aliphatic carbocycles. The van der Waals surface area contributed by atoms with Gasteiger partial charge in [0.25, 0.3) is 0 Å². The molecule has 6 heteroatoms. The standard InChI is InChI=1S/C19H26N2O2S.ClH/c1-20(2)14-16-12-15-13-21(10-9-18(15)23-16)19(22)8-4-3-6-17-7-5-11-24-17;/h5,7,11-12H,3-4,6,8-10,13-14H2,1-2H3;1H. The number of unbranched alkanes of at least 4 members (excludes halogenated alkanes) is 1. The zero-order valence-electron chi connectivity index (χ0n) is 15.0.